The Morgan fingerprint density at radius 2 is 2.33 bits per heavy atom. The molecule has 2 rings (SSSR count). The fraction of sp³-hybridized carbons (Fsp3) is 0.200. The van der Waals surface area contributed by atoms with E-state index >= 15 is 0 Å². The molecule has 2 aromatic rings. The Hall–Kier alpha value is -1.79. The second kappa shape index (κ2) is 3.07. The molecule has 0 aliphatic heterocycles. The molecule has 7 heteroatoms. The number of rotatable bonds is 3. The lowest BCUT2D eigenvalue weighted by Gasteiger charge is -1.96. The summed E-state index contributed by atoms with van der Waals surface area (Å²) in [4.78, 5) is 3.79. The second-order valence-corrected chi connectivity index (χ2v) is 2.09. The minimum atomic E-state index is 0.602. The molecule has 12 heavy (non-hydrogen) atoms. The van der Waals surface area contributed by atoms with Crippen molar-refractivity contribution in [3.8, 4) is 0 Å². The average Bonchev–Trinajstić information content (AvgIpc) is 2.74. The summed E-state index contributed by atoms with van der Waals surface area (Å²) < 4.78 is 3.18. The first-order valence-electron chi connectivity index (χ1n) is 3.33. The van der Waals surface area contributed by atoms with Crippen LogP contribution in [0.5, 0.6) is 0 Å². The molecule has 0 aromatic carbocycles. The van der Waals surface area contributed by atoms with Gasteiger partial charge in [0.1, 0.15) is 19.0 Å². The van der Waals surface area contributed by atoms with Gasteiger partial charge in [-0.1, -0.05) is 0 Å². The number of aromatic nitrogens is 7. The highest BCUT2D eigenvalue weighted by Gasteiger charge is 1.94. The summed E-state index contributed by atoms with van der Waals surface area (Å²) in [5.74, 6) is 0. The van der Waals surface area contributed by atoms with Crippen molar-refractivity contribution in [3.05, 3.63) is 25.5 Å². The van der Waals surface area contributed by atoms with Gasteiger partial charge in [-0.05, 0) is 10.4 Å². The number of nitrogens with zero attached hydrogens (tertiary/aromatic N) is 7. The smallest absolute Gasteiger partial charge is 0.138 e. The van der Waals surface area contributed by atoms with Crippen LogP contribution < -0.4 is 0 Å². The Morgan fingerprint density at radius 3 is 3.00 bits per heavy atom. The molecule has 0 spiro atoms. The van der Waals surface area contributed by atoms with Crippen molar-refractivity contribution < 1.29 is 0 Å². The zero-order chi connectivity index (χ0) is 8.23. The van der Waals surface area contributed by atoms with E-state index in [9.17, 15) is 0 Å². The lowest BCUT2D eigenvalue weighted by molar-refractivity contribution is 0.602. The molecular weight excluding hydrogens is 158 g/mol. The first-order valence-corrected chi connectivity index (χ1v) is 3.33. The highest BCUT2D eigenvalue weighted by atomic mass is 15.5. The van der Waals surface area contributed by atoms with E-state index in [1.165, 1.54) is 17.3 Å². The van der Waals surface area contributed by atoms with Gasteiger partial charge in [0.05, 0.1) is 13.1 Å². The van der Waals surface area contributed by atoms with Crippen LogP contribution >= 0.6 is 0 Å². The van der Waals surface area contributed by atoms with Crippen LogP contribution in [0.3, 0.4) is 0 Å². The summed E-state index contributed by atoms with van der Waals surface area (Å²) in [6.07, 6.45) is 4.62. The average molecular weight is 164 g/mol. The van der Waals surface area contributed by atoms with Gasteiger partial charge in [-0.25, -0.2) is 9.67 Å². The van der Waals surface area contributed by atoms with Crippen LogP contribution in [0.2, 0.25) is 0 Å². The summed E-state index contributed by atoms with van der Waals surface area (Å²) in [6.45, 7) is 2.39. The quantitative estimate of drug-likeness (QED) is 0.580. The first kappa shape index (κ1) is 6.89. The Balaban J connectivity index is 1.91. The molecule has 61 valence electrons. The van der Waals surface area contributed by atoms with Crippen molar-refractivity contribution in [2.45, 2.75) is 6.54 Å². The van der Waals surface area contributed by atoms with E-state index in [0.29, 0.717) is 6.54 Å². The largest absolute Gasteiger partial charge is 0.251 e. The van der Waals surface area contributed by atoms with Gasteiger partial charge in [0.25, 0.3) is 0 Å². The third kappa shape index (κ3) is 1.44. The van der Waals surface area contributed by atoms with E-state index in [-0.39, 0.29) is 0 Å². The van der Waals surface area contributed by atoms with Gasteiger partial charge in [-0.3, -0.25) is 4.68 Å². The molecule has 2 heterocycles. The molecule has 0 bridgehead atoms. The lowest BCUT2D eigenvalue weighted by Crippen LogP contribution is -2.05. The molecule has 0 amide bonds. The monoisotopic (exact) mass is 164 g/mol. The van der Waals surface area contributed by atoms with Crippen LogP contribution in [0.25, 0.3) is 0 Å². The van der Waals surface area contributed by atoms with E-state index in [1.807, 2.05) is 0 Å². The molecule has 7 nitrogen and oxygen atoms in total. The molecule has 1 radical (unpaired) electrons. The van der Waals surface area contributed by atoms with Crippen LogP contribution in [0, 0.1) is 6.54 Å². The Labute approximate surface area is 68.0 Å². The van der Waals surface area contributed by atoms with Crippen LogP contribution in [0.15, 0.2) is 19.0 Å². The van der Waals surface area contributed by atoms with Crippen LogP contribution in [-0.2, 0) is 6.54 Å². The fourth-order valence-corrected chi connectivity index (χ4v) is 0.746. The van der Waals surface area contributed by atoms with E-state index in [4.69, 9.17) is 0 Å². The van der Waals surface area contributed by atoms with Gasteiger partial charge < -0.3 is 0 Å². The normalized spacial score (nSPS) is 10.3. The number of hydrogen-bond acceptors (Lipinski definition) is 5. The van der Waals surface area contributed by atoms with Gasteiger partial charge in [0, 0.05) is 0 Å². The van der Waals surface area contributed by atoms with Gasteiger partial charge in [0.15, 0.2) is 0 Å². The SMILES string of the molecule is [CH](Cn1cncn1)n1cnnn1. The van der Waals surface area contributed by atoms with Gasteiger partial charge in [0.2, 0.25) is 0 Å². The molecule has 0 aliphatic rings. The topological polar surface area (TPSA) is 74.3 Å². The molecule has 0 unspecified atom stereocenters. The summed E-state index contributed by atoms with van der Waals surface area (Å²) in [6, 6.07) is 0. The predicted molar refractivity (Wildman–Crippen MR) is 37.5 cm³/mol. The summed E-state index contributed by atoms with van der Waals surface area (Å²) in [5, 5.41) is 14.5. The Bertz CT molecular complexity index is 275. The minimum absolute atomic E-state index is 0.602. The maximum atomic E-state index is 3.91. The minimum Gasteiger partial charge on any atom is -0.251 e. The summed E-state index contributed by atoms with van der Waals surface area (Å²) in [5.41, 5.74) is 0. The lowest BCUT2D eigenvalue weighted by atomic mass is 10.6. The van der Waals surface area contributed by atoms with E-state index < -0.39 is 0 Å². The van der Waals surface area contributed by atoms with E-state index in [1.54, 1.807) is 17.6 Å². The fourth-order valence-electron chi connectivity index (χ4n) is 0.746. The molecule has 0 saturated heterocycles. The number of tetrazole rings is 1. The maximum Gasteiger partial charge on any atom is 0.138 e. The van der Waals surface area contributed by atoms with Gasteiger partial charge in [-0.15, -0.1) is 5.10 Å². The third-order valence-electron chi connectivity index (χ3n) is 1.29. The molecule has 0 saturated carbocycles. The highest BCUT2D eigenvalue weighted by molar-refractivity contribution is 4.68. The first-order chi connectivity index (χ1) is 5.95. The Morgan fingerprint density at radius 1 is 1.33 bits per heavy atom. The summed E-state index contributed by atoms with van der Waals surface area (Å²) >= 11 is 0. The molecule has 0 N–H and O–H groups in total. The zero-order valence-corrected chi connectivity index (χ0v) is 6.15. The van der Waals surface area contributed by atoms with Gasteiger partial charge in [-0.2, -0.15) is 5.10 Å². The van der Waals surface area contributed by atoms with E-state index in [0.717, 1.165) is 0 Å². The zero-order valence-electron chi connectivity index (χ0n) is 6.15. The second-order valence-electron chi connectivity index (χ2n) is 2.09. The van der Waals surface area contributed by atoms with Gasteiger partial charge >= 0.3 is 0 Å². The molecule has 2 aromatic heterocycles. The predicted octanol–water partition coefficient (Wildman–Crippen LogP) is -1.03. The van der Waals surface area contributed by atoms with Crippen molar-refractivity contribution >= 4 is 0 Å². The molecule has 0 fully saturated rings. The van der Waals surface area contributed by atoms with Crippen molar-refractivity contribution in [2.24, 2.45) is 0 Å². The van der Waals surface area contributed by atoms with E-state index in [2.05, 4.69) is 25.6 Å². The van der Waals surface area contributed by atoms with Crippen molar-refractivity contribution in [1.29, 1.82) is 0 Å². The Kier molecular flexibility index (Phi) is 1.77. The molecular formula is C5H6N7. The molecule has 0 aliphatic carbocycles. The molecule has 0 atom stereocenters. The van der Waals surface area contributed by atoms with Crippen LogP contribution in [-0.4, -0.2) is 35.0 Å². The van der Waals surface area contributed by atoms with Crippen molar-refractivity contribution in [3.63, 3.8) is 0 Å². The number of hydrogen-bond donors (Lipinski definition) is 0. The van der Waals surface area contributed by atoms with Crippen molar-refractivity contribution in [2.75, 3.05) is 0 Å². The highest BCUT2D eigenvalue weighted by Crippen LogP contribution is 1.86. The maximum absolute atomic E-state index is 3.91. The van der Waals surface area contributed by atoms with Crippen molar-refractivity contribution in [1.82, 2.24) is 35.0 Å². The van der Waals surface area contributed by atoms with Crippen LogP contribution in [0.4, 0.5) is 0 Å². The third-order valence-corrected chi connectivity index (χ3v) is 1.29. The standard InChI is InChI=1S/C5H6N7/c1(11-4-6-3-8-11)2-12-5-7-9-10-12/h2-5H,1H2. The van der Waals surface area contributed by atoms with Crippen LogP contribution in [0.1, 0.15) is 0 Å². The summed E-state index contributed by atoms with van der Waals surface area (Å²) in [7, 11) is 0.